The average Bonchev–Trinajstić information content (AvgIpc) is 2.30. The van der Waals surface area contributed by atoms with E-state index in [-0.39, 0.29) is 25.1 Å². The van der Waals surface area contributed by atoms with Crippen LogP contribution in [0, 0.1) is 0 Å². The van der Waals surface area contributed by atoms with Crippen LogP contribution in [0.3, 0.4) is 0 Å². The van der Waals surface area contributed by atoms with E-state index in [9.17, 15) is 9.90 Å². The van der Waals surface area contributed by atoms with E-state index in [2.05, 4.69) is 12.6 Å². The van der Waals surface area contributed by atoms with Crippen LogP contribution in [0.4, 0.5) is 0 Å². The van der Waals surface area contributed by atoms with Crippen molar-refractivity contribution >= 4 is 18.6 Å². The zero-order valence-corrected chi connectivity index (χ0v) is 10.1. The highest BCUT2D eigenvalue weighted by Gasteiger charge is 2.14. The van der Waals surface area contributed by atoms with Crippen LogP contribution in [0.5, 0.6) is 0 Å². The second-order valence-corrected chi connectivity index (χ2v) is 3.86. The molecule has 4 heteroatoms. The second-order valence-electron chi connectivity index (χ2n) is 3.54. The normalized spacial score (nSPS) is 12.2. The molecule has 0 unspecified atom stereocenters. The van der Waals surface area contributed by atoms with Gasteiger partial charge in [0.2, 0.25) is 0 Å². The topological polar surface area (TPSA) is 46.5 Å². The Labute approximate surface area is 101 Å². The standard InChI is InChI=1S/C12H16O3S/c1-9(14)15-7-11(6-13)12-5-3-2-4-10(12)8-16/h2-5,11,13,16H,6-8H2,1H3/t11-/m0/s1. The number of aliphatic hydroxyl groups is 1. The van der Waals surface area contributed by atoms with Crippen molar-refractivity contribution in [1.29, 1.82) is 0 Å². The molecule has 0 saturated heterocycles. The molecular weight excluding hydrogens is 224 g/mol. The van der Waals surface area contributed by atoms with Crippen molar-refractivity contribution < 1.29 is 14.6 Å². The fourth-order valence-electron chi connectivity index (χ4n) is 1.54. The minimum Gasteiger partial charge on any atom is -0.465 e. The lowest BCUT2D eigenvalue weighted by Gasteiger charge is -2.17. The number of aliphatic hydroxyl groups excluding tert-OH is 1. The number of benzene rings is 1. The van der Waals surface area contributed by atoms with Gasteiger partial charge < -0.3 is 9.84 Å². The lowest BCUT2D eigenvalue weighted by molar-refractivity contribution is -0.141. The van der Waals surface area contributed by atoms with Crippen molar-refractivity contribution in [2.75, 3.05) is 13.2 Å². The molecule has 0 spiro atoms. The van der Waals surface area contributed by atoms with E-state index in [0.717, 1.165) is 11.1 Å². The second kappa shape index (κ2) is 6.55. The Morgan fingerprint density at radius 2 is 2.19 bits per heavy atom. The third-order valence-electron chi connectivity index (χ3n) is 2.37. The lowest BCUT2D eigenvalue weighted by Crippen LogP contribution is -2.15. The van der Waals surface area contributed by atoms with Crippen molar-refractivity contribution in [3.05, 3.63) is 35.4 Å². The summed E-state index contributed by atoms with van der Waals surface area (Å²) in [5.74, 6) is 0.0984. The first-order valence-corrected chi connectivity index (χ1v) is 5.75. The first-order chi connectivity index (χ1) is 7.69. The summed E-state index contributed by atoms with van der Waals surface area (Å²) < 4.78 is 4.92. The molecular formula is C12H16O3S. The number of ether oxygens (including phenoxy) is 1. The molecule has 1 N–H and O–H groups in total. The number of carbonyl (C=O) groups excluding carboxylic acids is 1. The Morgan fingerprint density at radius 3 is 2.75 bits per heavy atom. The molecule has 0 heterocycles. The summed E-state index contributed by atoms with van der Waals surface area (Å²) in [5.41, 5.74) is 2.04. The maximum Gasteiger partial charge on any atom is 0.302 e. The lowest BCUT2D eigenvalue weighted by atomic mass is 9.96. The van der Waals surface area contributed by atoms with E-state index in [1.54, 1.807) is 0 Å². The SMILES string of the molecule is CC(=O)OC[C@H](CO)c1ccccc1CS. The van der Waals surface area contributed by atoms with Gasteiger partial charge in [-0.25, -0.2) is 0 Å². The number of carbonyl (C=O) groups is 1. The van der Waals surface area contributed by atoms with Gasteiger partial charge in [-0.05, 0) is 11.1 Å². The molecule has 88 valence electrons. The summed E-state index contributed by atoms with van der Waals surface area (Å²) in [6.07, 6.45) is 0. The molecule has 0 bridgehead atoms. The zero-order valence-electron chi connectivity index (χ0n) is 9.22. The number of thiol groups is 1. The smallest absolute Gasteiger partial charge is 0.302 e. The van der Waals surface area contributed by atoms with Crippen molar-refractivity contribution in [1.82, 2.24) is 0 Å². The van der Waals surface area contributed by atoms with Gasteiger partial charge in [-0.15, -0.1) is 0 Å². The minimum atomic E-state index is -0.332. The van der Waals surface area contributed by atoms with Crippen molar-refractivity contribution in [2.24, 2.45) is 0 Å². The van der Waals surface area contributed by atoms with Crippen molar-refractivity contribution in [3.63, 3.8) is 0 Å². The molecule has 3 nitrogen and oxygen atoms in total. The number of hydrogen-bond acceptors (Lipinski definition) is 4. The monoisotopic (exact) mass is 240 g/mol. The van der Waals surface area contributed by atoms with Gasteiger partial charge in [0.05, 0.1) is 6.61 Å². The quantitative estimate of drug-likeness (QED) is 0.609. The van der Waals surface area contributed by atoms with Crippen LogP contribution < -0.4 is 0 Å². The van der Waals surface area contributed by atoms with Gasteiger partial charge in [-0.2, -0.15) is 12.6 Å². The molecule has 1 rings (SSSR count). The molecule has 1 atom stereocenters. The van der Waals surface area contributed by atoms with Crippen LogP contribution >= 0.6 is 12.6 Å². The van der Waals surface area contributed by atoms with Crippen LogP contribution in [-0.2, 0) is 15.3 Å². The fraction of sp³-hybridized carbons (Fsp3) is 0.417. The maximum atomic E-state index is 10.7. The van der Waals surface area contributed by atoms with Crippen LogP contribution in [0.2, 0.25) is 0 Å². The molecule has 0 amide bonds. The molecule has 1 aromatic rings. The summed E-state index contributed by atoms with van der Waals surface area (Å²) >= 11 is 4.23. The fourth-order valence-corrected chi connectivity index (χ4v) is 1.82. The Balaban J connectivity index is 2.81. The largest absolute Gasteiger partial charge is 0.465 e. The molecule has 16 heavy (non-hydrogen) atoms. The summed E-state index contributed by atoms with van der Waals surface area (Å²) in [5, 5.41) is 9.30. The third-order valence-corrected chi connectivity index (χ3v) is 2.71. The molecule has 0 saturated carbocycles. The highest BCUT2D eigenvalue weighted by atomic mass is 32.1. The van der Waals surface area contributed by atoms with Crippen LogP contribution in [0.15, 0.2) is 24.3 Å². The van der Waals surface area contributed by atoms with E-state index in [4.69, 9.17) is 4.74 Å². The molecule has 0 aliphatic rings. The van der Waals surface area contributed by atoms with E-state index in [0.29, 0.717) is 5.75 Å². The first kappa shape index (κ1) is 13.1. The molecule has 1 aromatic carbocycles. The van der Waals surface area contributed by atoms with Crippen molar-refractivity contribution in [3.8, 4) is 0 Å². The van der Waals surface area contributed by atoms with Gasteiger partial charge in [-0.3, -0.25) is 4.79 Å². The Kier molecular flexibility index (Phi) is 5.35. The molecule has 0 aliphatic heterocycles. The molecule has 0 aliphatic carbocycles. The molecule has 0 aromatic heterocycles. The minimum absolute atomic E-state index is 0.0436. The Hall–Kier alpha value is -1.00. The maximum absolute atomic E-state index is 10.7. The molecule has 0 fully saturated rings. The molecule has 0 radical (unpaired) electrons. The van der Waals surface area contributed by atoms with E-state index < -0.39 is 0 Å². The number of rotatable bonds is 5. The highest BCUT2D eigenvalue weighted by molar-refractivity contribution is 7.79. The average molecular weight is 240 g/mol. The van der Waals surface area contributed by atoms with Gasteiger partial charge in [0.1, 0.15) is 6.61 Å². The van der Waals surface area contributed by atoms with Gasteiger partial charge in [0, 0.05) is 18.6 Å². The first-order valence-electron chi connectivity index (χ1n) is 5.12. The van der Waals surface area contributed by atoms with E-state index in [1.165, 1.54) is 6.92 Å². The van der Waals surface area contributed by atoms with Gasteiger partial charge in [0.25, 0.3) is 0 Å². The van der Waals surface area contributed by atoms with Crippen LogP contribution in [0.1, 0.15) is 24.0 Å². The summed E-state index contributed by atoms with van der Waals surface area (Å²) in [7, 11) is 0. The highest BCUT2D eigenvalue weighted by Crippen LogP contribution is 2.21. The Morgan fingerprint density at radius 1 is 1.50 bits per heavy atom. The zero-order chi connectivity index (χ0) is 12.0. The van der Waals surface area contributed by atoms with Gasteiger partial charge >= 0.3 is 5.97 Å². The van der Waals surface area contributed by atoms with E-state index in [1.807, 2.05) is 24.3 Å². The van der Waals surface area contributed by atoms with Gasteiger partial charge in [-0.1, -0.05) is 24.3 Å². The predicted octanol–water partition coefficient (Wildman–Crippen LogP) is 1.76. The summed E-state index contributed by atoms with van der Waals surface area (Å²) in [6, 6.07) is 7.71. The summed E-state index contributed by atoms with van der Waals surface area (Å²) in [4.78, 5) is 10.7. The van der Waals surface area contributed by atoms with Gasteiger partial charge in [0.15, 0.2) is 0 Å². The van der Waals surface area contributed by atoms with Crippen molar-refractivity contribution in [2.45, 2.75) is 18.6 Å². The van der Waals surface area contributed by atoms with Crippen LogP contribution in [0.25, 0.3) is 0 Å². The Bertz CT molecular complexity index is 352. The third kappa shape index (κ3) is 3.54. The summed E-state index contributed by atoms with van der Waals surface area (Å²) in [6.45, 7) is 1.52. The predicted molar refractivity (Wildman–Crippen MR) is 65.6 cm³/mol. The number of esters is 1. The van der Waals surface area contributed by atoms with Crippen LogP contribution in [-0.4, -0.2) is 24.3 Å². The van der Waals surface area contributed by atoms with E-state index >= 15 is 0 Å². The number of hydrogen-bond donors (Lipinski definition) is 2.